The fourth-order valence-corrected chi connectivity index (χ4v) is 4.80. The molecular weight excluding hydrogens is 503 g/mol. The number of esters is 1. The van der Waals surface area contributed by atoms with Crippen LogP contribution in [0.15, 0.2) is 63.9 Å². The van der Waals surface area contributed by atoms with Crippen molar-refractivity contribution in [3.63, 3.8) is 0 Å². The highest BCUT2D eigenvalue weighted by atomic mass is 35.5. The zero-order valence-corrected chi connectivity index (χ0v) is 20.3. The Labute approximate surface area is 209 Å². The molecule has 10 heteroatoms. The highest BCUT2D eigenvalue weighted by molar-refractivity contribution is 8.27. The number of ether oxygens (including phenoxy) is 1. The van der Waals surface area contributed by atoms with E-state index in [1.165, 1.54) is 11.0 Å². The van der Waals surface area contributed by atoms with Gasteiger partial charge in [-0.2, -0.15) is 0 Å². The topological polar surface area (TPSA) is 71.8 Å². The highest BCUT2D eigenvalue weighted by Gasteiger charge is 2.34. The number of thiocarbonyl (C=S) groups is 1. The Kier molecular flexibility index (Phi) is 7.09. The molecule has 4 rings (SSSR count). The van der Waals surface area contributed by atoms with Crippen LogP contribution in [0, 0.1) is 0 Å². The van der Waals surface area contributed by atoms with E-state index < -0.39 is 5.97 Å². The molecular formula is C23H16Cl2N2O4S2. The fourth-order valence-electron chi connectivity index (χ4n) is 3.08. The van der Waals surface area contributed by atoms with Crippen molar-refractivity contribution in [2.45, 2.75) is 6.92 Å². The number of carbonyl (C=O) groups excluding carboxylic acids is 2. The summed E-state index contributed by atoms with van der Waals surface area (Å²) in [6.07, 6.45) is 1.47. The fraction of sp³-hybridized carbons (Fsp3) is 0.0870. The van der Waals surface area contributed by atoms with E-state index in [1.807, 2.05) is 18.2 Å². The molecule has 1 N–H and O–H groups in total. The van der Waals surface area contributed by atoms with Crippen molar-refractivity contribution < 1.29 is 18.7 Å². The van der Waals surface area contributed by atoms with Gasteiger partial charge in [-0.3, -0.25) is 9.69 Å². The zero-order chi connectivity index (χ0) is 23.5. The van der Waals surface area contributed by atoms with Crippen molar-refractivity contribution in [1.29, 1.82) is 0 Å². The van der Waals surface area contributed by atoms with Crippen LogP contribution >= 0.6 is 47.2 Å². The van der Waals surface area contributed by atoms with Crippen LogP contribution in [-0.4, -0.2) is 22.8 Å². The van der Waals surface area contributed by atoms with E-state index in [-0.39, 0.29) is 34.7 Å². The summed E-state index contributed by atoms with van der Waals surface area (Å²) in [4.78, 5) is 27.4. The third-order valence-electron chi connectivity index (χ3n) is 4.51. The lowest BCUT2D eigenvalue weighted by Gasteiger charge is -2.13. The van der Waals surface area contributed by atoms with Crippen LogP contribution in [0.25, 0.3) is 6.08 Å². The maximum Gasteiger partial charge on any atom is 0.345 e. The number of carbonyl (C=O) groups is 2. The molecule has 1 amide bonds. The van der Waals surface area contributed by atoms with Crippen LogP contribution in [0.5, 0.6) is 0 Å². The number of anilines is 3. The predicted octanol–water partition coefficient (Wildman–Crippen LogP) is 6.91. The Morgan fingerprint density at radius 1 is 1.21 bits per heavy atom. The van der Waals surface area contributed by atoms with Gasteiger partial charge in [-0.25, -0.2) is 4.79 Å². The second-order valence-corrected chi connectivity index (χ2v) is 9.18. The summed E-state index contributed by atoms with van der Waals surface area (Å²) in [6, 6.07) is 16.0. The smallest absolute Gasteiger partial charge is 0.345 e. The number of nitrogens with zero attached hydrogens (tertiary/aromatic N) is 1. The highest BCUT2D eigenvalue weighted by Crippen LogP contribution is 2.40. The number of hydrogen-bond donors (Lipinski definition) is 1. The van der Waals surface area contributed by atoms with E-state index in [0.29, 0.717) is 25.6 Å². The largest absolute Gasteiger partial charge is 0.462 e. The van der Waals surface area contributed by atoms with Crippen molar-refractivity contribution in [3.8, 4) is 0 Å². The van der Waals surface area contributed by atoms with E-state index in [4.69, 9.17) is 44.6 Å². The van der Waals surface area contributed by atoms with Crippen molar-refractivity contribution in [3.05, 3.63) is 80.9 Å². The van der Waals surface area contributed by atoms with Gasteiger partial charge in [0.25, 0.3) is 5.91 Å². The Morgan fingerprint density at radius 2 is 1.97 bits per heavy atom. The van der Waals surface area contributed by atoms with Crippen LogP contribution in [0.2, 0.25) is 10.0 Å². The molecule has 0 atom stereocenters. The Bertz CT molecular complexity index is 1270. The minimum absolute atomic E-state index is 0.0166. The van der Waals surface area contributed by atoms with Gasteiger partial charge in [0.2, 0.25) is 5.88 Å². The van der Waals surface area contributed by atoms with Crippen molar-refractivity contribution >= 4 is 86.7 Å². The van der Waals surface area contributed by atoms with E-state index in [9.17, 15) is 9.59 Å². The molecule has 0 radical (unpaired) electrons. The number of benzene rings is 2. The molecule has 0 bridgehead atoms. The van der Waals surface area contributed by atoms with Crippen molar-refractivity contribution in [1.82, 2.24) is 0 Å². The molecule has 6 nitrogen and oxygen atoms in total. The van der Waals surface area contributed by atoms with E-state index in [1.54, 1.807) is 43.3 Å². The number of thioether (sulfide) groups is 1. The van der Waals surface area contributed by atoms with Gasteiger partial charge in [0.05, 0.1) is 17.2 Å². The summed E-state index contributed by atoms with van der Waals surface area (Å²) in [6.45, 7) is 1.84. The second kappa shape index (κ2) is 10.0. The first-order valence-electron chi connectivity index (χ1n) is 9.74. The van der Waals surface area contributed by atoms with E-state index in [0.717, 1.165) is 11.8 Å². The molecule has 2 heterocycles. The molecule has 1 aromatic heterocycles. The Hall–Kier alpha value is -2.78. The van der Waals surface area contributed by atoms with Gasteiger partial charge in [0, 0.05) is 16.8 Å². The summed E-state index contributed by atoms with van der Waals surface area (Å²) < 4.78 is 11.4. The molecule has 1 fully saturated rings. The summed E-state index contributed by atoms with van der Waals surface area (Å²) in [5.74, 6) is -0.777. The number of furan rings is 1. The quantitative estimate of drug-likeness (QED) is 0.216. The minimum Gasteiger partial charge on any atom is -0.462 e. The summed E-state index contributed by atoms with van der Waals surface area (Å²) >= 11 is 19.1. The maximum atomic E-state index is 13.0. The number of rotatable bonds is 6. The maximum absolute atomic E-state index is 13.0. The van der Waals surface area contributed by atoms with Crippen LogP contribution in [0.3, 0.4) is 0 Å². The molecule has 1 aliphatic heterocycles. The van der Waals surface area contributed by atoms with Gasteiger partial charge < -0.3 is 14.5 Å². The average Bonchev–Trinajstić information content (AvgIpc) is 3.24. The lowest BCUT2D eigenvalue weighted by atomic mass is 10.2. The van der Waals surface area contributed by atoms with Gasteiger partial charge in [0.15, 0.2) is 4.32 Å². The molecule has 3 aromatic rings. The first-order chi connectivity index (χ1) is 15.9. The Morgan fingerprint density at radius 3 is 2.67 bits per heavy atom. The van der Waals surface area contributed by atoms with Crippen LogP contribution in [-0.2, 0) is 9.53 Å². The standard InChI is InChI=1S/C23H16Cl2N2O4S2/c1-2-30-22(29)18-19(25)16(31-20(18)26-14-8-6-7-13(24)11-14)12-17-21(28)27(23(32)33-17)15-9-4-3-5-10-15/h3-12,26H,2H2,1H3/b17-12+. The lowest BCUT2D eigenvalue weighted by molar-refractivity contribution is -0.113. The number of para-hydroxylation sites is 1. The first kappa shape index (κ1) is 23.4. The molecule has 2 aromatic carbocycles. The molecule has 168 valence electrons. The van der Waals surface area contributed by atoms with Gasteiger partial charge in [-0.05, 0) is 37.3 Å². The monoisotopic (exact) mass is 518 g/mol. The third kappa shape index (κ3) is 4.94. The third-order valence-corrected chi connectivity index (χ3v) is 6.42. The molecule has 33 heavy (non-hydrogen) atoms. The number of halogens is 2. The second-order valence-electron chi connectivity index (χ2n) is 6.69. The van der Waals surface area contributed by atoms with Gasteiger partial charge in [-0.15, -0.1) is 0 Å². The van der Waals surface area contributed by atoms with Crippen LogP contribution < -0.4 is 10.2 Å². The van der Waals surface area contributed by atoms with Crippen LogP contribution in [0.4, 0.5) is 17.3 Å². The number of nitrogens with one attached hydrogen (secondary N) is 1. The van der Waals surface area contributed by atoms with Crippen LogP contribution in [0.1, 0.15) is 23.0 Å². The van der Waals surface area contributed by atoms with E-state index in [2.05, 4.69) is 5.32 Å². The summed E-state index contributed by atoms with van der Waals surface area (Å²) in [5, 5.41) is 3.52. The molecule has 0 aliphatic carbocycles. The molecule has 1 saturated heterocycles. The van der Waals surface area contributed by atoms with Crippen molar-refractivity contribution in [2.75, 3.05) is 16.8 Å². The Balaban J connectivity index is 1.72. The first-order valence-corrected chi connectivity index (χ1v) is 11.7. The normalized spacial score (nSPS) is 14.8. The van der Waals surface area contributed by atoms with Gasteiger partial charge >= 0.3 is 5.97 Å². The molecule has 0 saturated carbocycles. The number of amides is 1. The predicted molar refractivity (Wildman–Crippen MR) is 137 cm³/mol. The molecule has 0 spiro atoms. The lowest BCUT2D eigenvalue weighted by Crippen LogP contribution is -2.27. The average molecular weight is 519 g/mol. The van der Waals surface area contributed by atoms with E-state index >= 15 is 0 Å². The zero-order valence-electron chi connectivity index (χ0n) is 17.1. The summed E-state index contributed by atoms with van der Waals surface area (Å²) in [5.41, 5.74) is 1.26. The van der Waals surface area contributed by atoms with Gasteiger partial charge in [-0.1, -0.05) is 71.4 Å². The molecule has 0 unspecified atom stereocenters. The SMILES string of the molecule is CCOC(=O)c1c(Nc2cccc(Cl)c2)oc(/C=C2/SC(=S)N(c3ccccc3)C2=O)c1Cl. The van der Waals surface area contributed by atoms with Crippen molar-refractivity contribution in [2.24, 2.45) is 0 Å². The molecule has 1 aliphatic rings. The summed E-state index contributed by atoms with van der Waals surface area (Å²) in [7, 11) is 0. The van der Waals surface area contributed by atoms with Gasteiger partial charge in [0.1, 0.15) is 16.3 Å². The number of hydrogen-bond acceptors (Lipinski definition) is 7. The minimum atomic E-state index is -0.660.